The number of nitrogens with one attached hydrogen (secondary N) is 1. The molecule has 0 radical (unpaired) electrons. The Morgan fingerprint density at radius 3 is 2.74 bits per heavy atom. The van der Waals surface area contributed by atoms with Gasteiger partial charge in [-0.1, -0.05) is 6.07 Å². The van der Waals surface area contributed by atoms with Crippen LogP contribution in [-0.4, -0.2) is 52.9 Å². The summed E-state index contributed by atoms with van der Waals surface area (Å²) in [6.45, 7) is 0.671. The van der Waals surface area contributed by atoms with E-state index in [4.69, 9.17) is 5.26 Å². The van der Waals surface area contributed by atoms with E-state index in [1.54, 1.807) is 29.2 Å². The minimum atomic E-state index is -0.797. The first-order valence-corrected chi connectivity index (χ1v) is 5.97. The van der Waals surface area contributed by atoms with Gasteiger partial charge in [-0.15, -0.1) is 0 Å². The summed E-state index contributed by atoms with van der Waals surface area (Å²) in [6, 6.07) is 8.63. The lowest BCUT2D eigenvalue weighted by Crippen LogP contribution is -2.32. The zero-order valence-electron chi connectivity index (χ0n) is 10.3. The molecule has 1 heterocycles. The zero-order chi connectivity index (χ0) is 13.8. The minimum absolute atomic E-state index is 0.102. The van der Waals surface area contributed by atoms with Crippen molar-refractivity contribution in [1.29, 1.82) is 5.26 Å². The molecule has 0 spiro atoms. The molecule has 0 aliphatic carbocycles. The van der Waals surface area contributed by atoms with Gasteiger partial charge in [-0.2, -0.15) is 5.26 Å². The van der Waals surface area contributed by atoms with Crippen molar-refractivity contribution in [2.75, 3.05) is 25.0 Å². The Bertz CT molecular complexity index is 502. The molecule has 1 aromatic carbocycles. The smallest absolute Gasteiger partial charge is 0.238 e. The number of hydrogen-bond donors (Lipinski definition) is 3. The monoisotopic (exact) mass is 261 g/mol. The molecule has 0 bridgehead atoms. The van der Waals surface area contributed by atoms with Crippen molar-refractivity contribution < 1.29 is 15.0 Å². The molecular weight excluding hydrogens is 246 g/mol. The van der Waals surface area contributed by atoms with E-state index in [9.17, 15) is 15.0 Å². The largest absolute Gasteiger partial charge is 0.389 e. The van der Waals surface area contributed by atoms with Gasteiger partial charge in [-0.05, 0) is 18.2 Å². The normalized spacial score (nSPS) is 23.0. The third-order valence-corrected chi connectivity index (χ3v) is 2.98. The average molecular weight is 261 g/mol. The molecule has 1 aliphatic rings. The third kappa shape index (κ3) is 3.51. The lowest BCUT2D eigenvalue weighted by molar-refractivity contribution is -0.117. The molecule has 3 N–H and O–H groups in total. The number of benzene rings is 1. The van der Waals surface area contributed by atoms with E-state index in [1.165, 1.54) is 0 Å². The molecule has 100 valence electrons. The Balaban J connectivity index is 1.89. The van der Waals surface area contributed by atoms with Crippen LogP contribution in [-0.2, 0) is 4.79 Å². The van der Waals surface area contributed by atoms with Crippen LogP contribution in [0.5, 0.6) is 0 Å². The molecule has 6 heteroatoms. The number of aliphatic hydroxyl groups excluding tert-OH is 2. The number of aliphatic hydroxyl groups is 2. The second-order valence-corrected chi connectivity index (χ2v) is 4.57. The molecule has 0 saturated carbocycles. The number of likely N-dealkylation sites (tertiary alicyclic amines) is 1. The highest BCUT2D eigenvalue weighted by Crippen LogP contribution is 2.12. The third-order valence-electron chi connectivity index (χ3n) is 2.98. The Morgan fingerprint density at radius 2 is 2.11 bits per heavy atom. The first-order chi connectivity index (χ1) is 9.08. The quantitative estimate of drug-likeness (QED) is 0.684. The van der Waals surface area contributed by atoms with E-state index >= 15 is 0 Å². The molecule has 1 fully saturated rings. The van der Waals surface area contributed by atoms with Gasteiger partial charge in [0.15, 0.2) is 0 Å². The number of anilines is 1. The number of carbonyl (C=O) groups excluding carboxylic acids is 1. The standard InChI is InChI=1S/C13H15N3O3/c14-5-9-2-1-3-10(4-9)15-13(19)8-16-6-11(17)12(18)7-16/h1-4,11-12,17-18H,6-8H2,(H,15,19)/t11-,12+. The van der Waals surface area contributed by atoms with Gasteiger partial charge in [0, 0.05) is 18.8 Å². The molecule has 0 aromatic heterocycles. The number of nitriles is 1. The summed E-state index contributed by atoms with van der Waals surface area (Å²) in [6.07, 6.45) is -1.59. The van der Waals surface area contributed by atoms with Gasteiger partial charge in [0.1, 0.15) is 0 Å². The van der Waals surface area contributed by atoms with E-state index in [1.807, 2.05) is 6.07 Å². The van der Waals surface area contributed by atoms with Gasteiger partial charge in [0.05, 0.1) is 30.4 Å². The fraction of sp³-hybridized carbons (Fsp3) is 0.385. The van der Waals surface area contributed by atoms with Crippen LogP contribution in [0.3, 0.4) is 0 Å². The highest BCUT2D eigenvalue weighted by molar-refractivity contribution is 5.92. The number of β-amino-alcohol motifs (C(OH)–C–C–N with tert-alkyl or cyclic N) is 2. The Kier molecular flexibility index (Phi) is 4.12. The fourth-order valence-corrected chi connectivity index (χ4v) is 2.05. The Morgan fingerprint density at radius 1 is 1.42 bits per heavy atom. The number of rotatable bonds is 3. The molecule has 19 heavy (non-hydrogen) atoms. The van der Waals surface area contributed by atoms with Crippen LogP contribution >= 0.6 is 0 Å². The molecule has 6 nitrogen and oxygen atoms in total. The van der Waals surface area contributed by atoms with Crippen LogP contribution in [0.15, 0.2) is 24.3 Å². The van der Waals surface area contributed by atoms with Gasteiger partial charge in [0.2, 0.25) is 5.91 Å². The maximum atomic E-state index is 11.8. The van der Waals surface area contributed by atoms with Crippen molar-refractivity contribution in [1.82, 2.24) is 4.90 Å². The van der Waals surface area contributed by atoms with Gasteiger partial charge in [-0.3, -0.25) is 9.69 Å². The van der Waals surface area contributed by atoms with Crippen molar-refractivity contribution in [3.63, 3.8) is 0 Å². The maximum Gasteiger partial charge on any atom is 0.238 e. The predicted octanol–water partition coefficient (Wildman–Crippen LogP) is -0.466. The second kappa shape index (κ2) is 5.80. The van der Waals surface area contributed by atoms with Crippen molar-refractivity contribution >= 4 is 11.6 Å². The van der Waals surface area contributed by atoms with Crippen molar-refractivity contribution in [3.05, 3.63) is 29.8 Å². The van der Waals surface area contributed by atoms with Gasteiger partial charge in [0.25, 0.3) is 0 Å². The first kappa shape index (κ1) is 13.5. The first-order valence-electron chi connectivity index (χ1n) is 5.97. The summed E-state index contributed by atoms with van der Waals surface area (Å²) in [5.41, 5.74) is 1.04. The summed E-state index contributed by atoms with van der Waals surface area (Å²) in [5, 5.41) is 30.2. The zero-order valence-corrected chi connectivity index (χ0v) is 10.3. The SMILES string of the molecule is N#Cc1cccc(NC(=O)CN2C[C@@H](O)[C@@H](O)C2)c1. The molecule has 2 atom stereocenters. The molecule has 0 unspecified atom stereocenters. The van der Waals surface area contributed by atoms with Crippen molar-refractivity contribution in [2.45, 2.75) is 12.2 Å². The summed E-state index contributed by atoms with van der Waals surface area (Å²) in [4.78, 5) is 13.5. The summed E-state index contributed by atoms with van der Waals surface area (Å²) in [5.74, 6) is -0.239. The van der Waals surface area contributed by atoms with E-state index in [-0.39, 0.29) is 25.5 Å². The van der Waals surface area contributed by atoms with Crippen LogP contribution in [0.2, 0.25) is 0 Å². The van der Waals surface area contributed by atoms with Crippen LogP contribution in [0, 0.1) is 11.3 Å². The lowest BCUT2D eigenvalue weighted by atomic mass is 10.2. The van der Waals surface area contributed by atoms with E-state index < -0.39 is 12.2 Å². The van der Waals surface area contributed by atoms with Gasteiger partial charge in [-0.25, -0.2) is 0 Å². The maximum absolute atomic E-state index is 11.8. The molecule has 2 rings (SSSR count). The van der Waals surface area contributed by atoms with Gasteiger partial charge >= 0.3 is 0 Å². The molecule has 1 saturated heterocycles. The summed E-state index contributed by atoms with van der Waals surface area (Å²) in [7, 11) is 0. The average Bonchev–Trinajstić information content (AvgIpc) is 2.68. The number of carbonyl (C=O) groups is 1. The number of amides is 1. The highest BCUT2D eigenvalue weighted by Gasteiger charge is 2.30. The summed E-state index contributed by atoms with van der Waals surface area (Å²) < 4.78 is 0. The molecule has 1 amide bonds. The number of nitrogens with zero attached hydrogens (tertiary/aromatic N) is 2. The Hall–Kier alpha value is -1.94. The molecule has 1 aliphatic heterocycles. The summed E-state index contributed by atoms with van der Waals surface area (Å²) >= 11 is 0. The highest BCUT2D eigenvalue weighted by atomic mass is 16.3. The van der Waals surface area contributed by atoms with E-state index in [0.717, 1.165) is 0 Å². The van der Waals surface area contributed by atoms with Crippen molar-refractivity contribution in [3.8, 4) is 6.07 Å². The molecule has 1 aromatic rings. The van der Waals surface area contributed by atoms with Crippen molar-refractivity contribution in [2.24, 2.45) is 0 Å². The topological polar surface area (TPSA) is 96.6 Å². The van der Waals surface area contributed by atoms with Crippen LogP contribution in [0.4, 0.5) is 5.69 Å². The predicted molar refractivity (Wildman–Crippen MR) is 68.2 cm³/mol. The Labute approximate surface area is 110 Å². The van der Waals surface area contributed by atoms with E-state index in [2.05, 4.69) is 5.32 Å². The van der Waals surface area contributed by atoms with Crippen LogP contribution in [0.1, 0.15) is 5.56 Å². The second-order valence-electron chi connectivity index (χ2n) is 4.57. The van der Waals surface area contributed by atoms with Gasteiger partial charge < -0.3 is 15.5 Å². The fourth-order valence-electron chi connectivity index (χ4n) is 2.05. The minimum Gasteiger partial charge on any atom is -0.389 e. The van der Waals surface area contributed by atoms with E-state index in [0.29, 0.717) is 11.3 Å². The van der Waals surface area contributed by atoms with Crippen LogP contribution in [0.25, 0.3) is 0 Å². The van der Waals surface area contributed by atoms with Crippen LogP contribution < -0.4 is 5.32 Å². The molecular formula is C13H15N3O3. The lowest BCUT2D eigenvalue weighted by Gasteiger charge is -2.14. The number of hydrogen-bond acceptors (Lipinski definition) is 5.